The lowest BCUT2D eigenvalue weighted by Crippen LogP contribution is -2.68. The largest absolute Gasteiger partial charge is 0.515 e. The van der Waals surface area contributed by atoms with Crippen LogP contribution in [-0.4, -0.2) is 146 Å². The topological polar surface area (TPSA) is 208 Å². The highest BCUT2D eigenvalue weighted by molar-refractivity contribution is 6.76. The molecule has 14 saturated carbocycles. The fourth-order valence-corrected chi connectivity index (χ4v) is 40.6. The number of aliphatic hydroxyl groups is 3. The lowest BCUT2D eigenvalue weighted by molar-refractivity contribution is -0.201. The second-order valence-corrected chi connectivity index (χ2v) is 89.8. The van der Waals surface area contributed by atoms with Gasteiger partial charge in [0.1, 0.15) is 5.78 Å². The van der Waals surface area contributed by atoms with Crippen molar-refractivity contribution in [2.24, 2.45) is 138 Å². The van der Waals surface area contributed by atoms with E-state index in [1.165, 1.54) is 96.9 Å². The lowest BCUT2D eigenvalue weighted by Gasteiger charge is -2.66. The molecule has 16 aliphatic rings. The molecule has 0 aliphatic heterocycles. The van der Waals surface area contributed by atoms with Gasteiger partial charge in [-0.3, -0.25) is 19.8 Å². The Morgan fingerprint density at radius 2 is 0.593 bits per heavy atom. The molecule has 32 atom stereocenters. The van der Waals surface area contributed by atoms with Crippen LogP contribution in [0.5, 0.6) is 0 Å². The monoisotopic (exact) mass is 2030 g/mol. The molecule has 15 nitrogen and oxygen atoms in total. The fraction of sp³-hybridized carbons (Fsp3) is 0.849. The molecule has 0 amide bonds. The molecule has 2 heterocycles. The van der Waals surface area contributed by atoms with Crippen LogP contribution < -0.4 is 0 Å². The summed E-state index contributed by atoms with van der Waals surface area (Å²) in [4.78, 5) is 26.5. The van der Waals surface area contributed by atoms with E-state index in [0.29, 0.717) is 102 Å². The first-order chi connectivity index (χ1) is 63.8. The smallest absolute Gasteiger partial charge is 0.192 e. The molecule has 790 valence electrons. The SMILES string of the molecule is C=C1CCC2C3C(CC[C@]12C)[C@@]1(C)C/C(=C\O)C(=O)CC1[C@@H](O[Si](C)(C)C(C)(C)C)[C@@H]3O[Si](C)(C)C(C)(C)C.C=C1CCC2C3C(CC[C@]12C)[C@@]1(C)CCC(=O)CC1[C@@H](O[Si](C)(C)C(C)(C)C)[C@@H]3O[Si](C)(C)C(C)(C)C.C=C1CCC2C3C(CC[C@]12C)[C@@]1(C)Cc2cn[nH]c2CC1[C@@H](O)[C@@H]3O.C=C1CCC2C3C(CC[C@]12C)[C@@]1(C)Cc2cn[nH]c2CC1[C@@H](O[Si](C)(C)C(C)(C)C)[C@@H]3O[Si](C)(C)C(C)(C)C. The Labute approximate surface area is 858 Å². The Morgan fingerprint density at radius 1 is 0.329 bits per heavy atom. The van der Waals surface area contributed by atoms with Crippen molar-refractivity contribution >= 4 is 61.5 Å². The van der Waals surface area contributed by atoms with E-state index in [1.54, 1.807) is 0 Å². The minimum absolute atomic E-state index is 0.00160. The summed E-state index contributed by atoms with van der Waals surface area (Å²) in [6.07, 6.45) is 30.5. The number of aliphatic hydroxyl groups excluding tert-OH is 3. The number of aromatic nitrogens is 4. The molecule has 18 rings (SSSR count). The molecule has 0 bridgehead atoms. The van der Waals surface area contributed by atoms with Crippen molar-refractivity contribution in [1.82, 2.24) is 20.4 Å². The average molecular weight is 2040 g/mol. The standard InChI is InChI=1S/C33H58N2O2Si2.C33H58O4Si2.C32H58O3Si2.C21H30N2O2/c1-21-14-15-23-27-24(16-17-32(21,23)8)33(9)19-22-20-34-35-26(22)18-25(33)28(36-38(10,11)30(2,3)4)29(27)37-39(12,13)31(5,6)7;1-21-14-15-23-27-24(16-17-32(21,23)8)33(9)19-22(20-34)26(35)18-25(33)28(36-38(10,11)30(2,3)4)29(27)37-39(12,13)31(5,6)7;1-21-14-15-23-26-24(17-19-31(21,23)8)32(9)18-16-22(33)20-25(32)27(34-36(10,11)29(2,3)4)28(26)35-37(12,13)30(5,6)7;1-11-4-5-13-17-14(6-7-20(11,13)2)21(3)9-12-10-22-23-16(12)8-15(21)18(24)19(17)25/h20,23-25,27-29H,1,14-19H2,2-13H3,(H,34,35);20,23-25,27-29,34H,1,14-19H2,2-13H3;23-28H,1,14-20H2,2-13H3;10,13-15,17-19,24-25H,1,4-9H2,2-3H3,(H,22,23)/b;22-20+;;/t2*23?,24?,25?,27?,28-,29-,32-,33-;23?,24?,25?,26?,27-,28-,31-,32-;13?,14?,15?,17?,18-,19-,20-,21-/m1111/s1. The number of nitrogens with one attached hydrogen (secondary N) is 2. The maximum Gasteiger partial charge on any atom is 0.192 e. The molecule has 5 N–H and O–H groups in total. The Balaban J connectivity index is 0.000000143. The summed E-state index contributed by atoms with van der Waals surface area (Å²) in [5, 5.41) is 48.3. The second-order valence-electron chi connectivity index (χ2n) is 61.3. The molecule has 2 aromatic rings. The Bertz CT molecular complexity index is 5020. The molecule has 0 aromatic carbocycles. The van der Waals surface area contributed by atoms with Crippen LogP contribution in [0.25, 0.3) is 0 Å². The zero-order valence-corrected chi connectivity index (χ0v) is 102. The normalized spacial score (nSPS) is 42.4. The van der Waals surface area contributed by atoms with Crippen LogP contribution in [0.15, 0.2) is 72.8 Å². The number of rotatable bonds is 12. The van der Waals surface area contributed by atoms with Crippen LogP contribution >= 0.6 is 0 Å². The molecule has 0 radical (unpaired) electrons. The summed E-state index contributed by atoms with van der Waals surface area (Å²) < 4.78 is 45.6. The van der Waals surface area contributed by atoms with Crippen molar-refractivity contribution in [2.75, 3.05) is 0 Å². The van der Waals surface area contributed by atoms with E-state index >= 15 is 0 Å². The van der Waals surface area contributed by atoms with Crippen LogP contribution in [0.2, 0.25) is 109 Å². The molecule has 14 fully saturated rings. The number of aromatic amines is 2. The molecule has 0 spiro atoms. The average Bonchev–Trinajstić information content (AvgIpc) is 1.24. The summed E-state index contributed by atoms with van der Waals surface area (Å²) in [5.41, 5.74) is 12.6. The van der Waals surface area contributed by atoms with E-state index in [0.717, 1.165) is 95.4 Å². The number of hydrogen-bond donors (Lipinski definition) is 5. The van der Waals surface area contributed by atoms with Gasteiger partial charge in [-0.05, 0) is 399 Å². The van der Waals surface area contributed by atoms with Gasteiger partial charge < -0.3 is 41.9 Å². The predicted molar refractivity (Wildman–Crippen MR) is 591 cm³/mol. The van der Waals surface area contributed by atoms with Crippen LogP contribution in [0.1, 0.15) is 337 Å². The third-order valence-electron chi connectivity index (χ3n) is 48.3. The van der Waals surface area contributed by atoms with Gasteiger partial charge in [0.05, 0.1) is 67.5 Å². The van der Waals surface area contributed by atoms with E-state index in [2.05, 4.69) is 311 Å². The Morgan fingerprint density at radius 3 is 0.907 bits per heavy atom. The van der Waals surface area contributed by atoms with Crippen LogP contribution in [0, 0.1) is 138 Å². The van der Waals surface area contributed by atoms with Crippen molar-refractivity contribution < 1.29 is 51.5 Å². The molecule has 21 heteroatoms. The van der Waals surface area contributed by atoms with Crippen molar-refractivity contribution in [2.45, 2.75) is 498 Å². The summed E-state index contributed by atoms with van der Waals surface area (Å²) >= 11 is 0. The molecule has 16 unspecified atom stereocenters. The van der Waals surface area contributed by atoms with Crippen LogP contribution in [0.4, 0.5) is 0 Å². The predicted octanol–water partition coefficient (Wildman–Crippen LogP) is 30.2. The van der Waals surface area contributed by atoms with E-state index in [4.69, 9.17) is 26.6 Å². The first-order valence-electron chi connectivity index (χ1n) is 56.4. The van der Waals surface area contributed by atoms with Crippen molar-refractivity contribution in [3.63, 3.8) is 0 Å². The minimum atomic E-state index is -2.19. The van der Waals surface area contributed by atoms with E-state index in [9.17, 15) is 24.9 Å². The minimum Gasteiger partial charge on any atom is -0.515 e. The van der Waals surface area contributed by atoms with E-state index < -0.39 is 62.1 Å². The first kappa shape index (κ1) is 111. The fourth-order valence-electron chi connectivity index (χ4n) is 32.6. The maximum atomic E-state index is 13.4. The highest BCUT2D eigenvalue weighted by Crippen LogP contribution is 2.75. The lowest BCUT2D eigenvalue weighted by atomic mass is 9.43. The van der Waals surface area contributed by atoms with Gasteiger partial charge in [0, 0.05) is 36.2 Å². The molecular weight excluding hydrogens is 1830 g/mol. The number of Topliss-reactive ketones (excluding diaryl/α,β-unsaturated/α-hetero) is 2. The van der Waals surface area contributed by atoms with Gasteiger partial charge in [-0.2, -0.15) is 10.2 Å². The van der Waals surface area contributed by atoms with Gasteiger partial charge >= 0.3 is 0 Å². The summed E-state index contributed by atoms with van der Waals surface area (Å²) in [7, 11) is -12.7. The Hall–Kier alpha value is -2.76. The third kappa shape index (κ3) is 18.4. The maximum absolute atomic E-state index is 13.4. The number of carbonyl (C=O) groups is 2. The molecule has 0 saturated heterocycles. The number of fused-ring (bicyclic) bond motifs is 22. The molecular formula is C119H204N4O11Si6. The van der Waals surface area contributed by atoms with Gasteiger partial charge in [-0.1, -0.05) is 229 Å². The quantitative estimate of drug-likeness (QED) is 0.0581. The van der Waals surface area contributed by atoms with E-state index in [-0.39, 0.29) is 140 Å². The number of hydrogen-bond acceptors (Lipinski definition) is 13. The van der Waals surface area contributed by atoms with Gasteiger partial charge in [0.2, 0.25) is 0 Å². The van der Waals surface area contributed by atoms with Crippen LogP contribution in [-0.2, 0) is 61.8 Å². The van der Waals surface area contributed by atoms with Crippen molar-refractivity contribution in [3.8, 4) is 0 Å². The molecule has 16 aliphatic carbocycles. The summed E-state index contributed by atoms with van der Waals surface area (Å²) in [6.45, 7) is 109. The number of H-pyrrole nitrogens is 2. The second kappa shape index (κ2) is 36.8. The first-order valence-corrected chi connectivity index (χ1v) is 73.9. The van der Waals surface area contributed by atoms with Gasteiger partial charge in [0.15, 0.2) is 55.7 Å². The number of carbonyl (C=O) groups excluding carboxylic acids is 2. The van der Waals surface area contributed by atoms with Gasteiger partial charge in [-0.25, -0.2) is 0 Å². The molecule has 2 aromatic heterocycles. The molecule has 140 heavy (non-hydrogen) atoms. The van der Waals surface area contributed by atoms with Crippen molar-refractivity contribution in [1.29, 1.82) is 0 Å². The third-order valence-corrected chi connectivity index (χ3v) is 75.1. The zero-order chi connectivity index (χ0) is 104. The zero-order valence-electron chi connectivity index (χ0n) is 96.1. The van der Waals surface area contributed by atoms with Crippen molar-refractivity contribution in [3.05, 3.63) is 95.4 Å². The highest BCUT2D eigenvalue weighted by Gasteiger charge is 2.73. The van der Waals surface area contributed by atoms with Gasteiger partial charge in [0.25, 0.3) is 0 Å². The van der Waals surface area contributed by atoms with Gasteiger partial charge in [-0.15, -0.1) is 0 Å². The summed E-state index contributed by atoms with van der Waals surface area (Å²) in [6, 6.07) is 0. The Kier molecular flexibility index (Phi) is 29.3. The number of allylic oxidation sites excluding steroid dienone is 5. The number of ketones is 2. The number of nitrogens with zero attached hydrogens (tertiary/aromatic N) is 2. The highest BCUT2D eigenvalue weighted by atomic mass is 28.4. The van der Waals surface area contributed by atoms with E-state index in [1.807, 2.05) is 6.20 Å². The summed E-state index contributed by atoms with van der Waals surface area (Å²) in [5.74, 6) is 7.35. The van der Waals surface area contributed by atoms with Crippen LogP contribution in [0.3, 0.4) is 0 Å².